The molecule has 3 rings (SSSR count). The van der Waals surface area contributed by atoms with Gasteiger partial charge in [0.1, 0.15) is 0 Å². The van der Waals surface area contributed by atoms with Crippen LogP contribution >= 0.6 is 0 Å². The molecule has 2 saturated carbocycles. The smallest absolute Gasteiger partial charge is 0.0176 e. The average molecular weight is 286 g/mol. The number of rotatable bonds is 9. The number of benzene rings is 1. The molecule has 0 bridgehead atoms. The zero-order valence-electron chi connectivity index (χ0n) is 13.6. The largest absolute Gasteiger partial charge is 0.319 e. The Labute approximate surface area is 129 Å². The maximum Gasteiger partial charge on any atom is 0.0176 e. The van der Waals surface area contributed by atoms with Crippen molar-refractivity contribution in [3.8, 4) is 0 Å². The lowest BCUT2D eigenvalue weighted by atomic mass is 9.81. The summed E-state index contributed by atoms with van der Waals surface area (Å²) in [6.07, 6.45) is 5.81. The van der Waals surface area contributed by atoms with E-state index >= 15 is 0 Å². The van der Waals surface area contributed by atoms with E-state index in [1.165, 1.54) is 50.9 Å². The van der Waals surface area contributed by atoms with Crippen molar-refractivity contribution < 1.29 is 0 Å². The maximum absolute atomic E-state index is 3.42. The molecule has 1 N–H and O–H groups in total. The fourth-order valence-corrected chi connectivity index (χ4v) is 3.51. The second-order valence-electron chi connectivity index (χ2n) is 7.54. The van der Waals surface area contributed by atoms with Crippen molar-refractivity contribution >= 4 is 0 Å². The summed E-state index contributed by atoms with van der Waals surface area (Å²) in [7, 11) is 2.08. The van der Waals surface area contributed by atoms with E-state index in [1.807, 2.05) is 0 Å². The van der Waals surface area contributed by atoms with Crippen LogP contribution in [0.25, 0.3) is 0 Å². The third-order valence-electron chi connectivity index (χ3n) is 5.04. The van der Waals surface area contributed by atoms with Crippen molar-refractivity contribution in [3.63, 3.8) is 0 Å². The van der Waals surface area contributed by atoms with Gasteiger partial charge in [0.25, 0.3) is 0 Å². The van der Waals surface area contributed by atoms with Gasteiger partial charge in [0.15, 0.2) is 0 Å². The molecule has 2 aliphatic rings. The van der Waals surface area contributed by atoms with Crippen molar-refractivity contribution in [2.75, 3.05) is 33.2 Å². The highest BCUT2D eigenvalue weighted by Gasteiger charge is 2.34. The Bertz CT molecular complexity index is 422. The lowest BCUT2D eigenvalue weighted by Crippen LogP contribution is -2.46. The van der Waals surface area contributed by atoms with E-state index in [2.05, 4.69) is 54.5 Å². The summed E-state index contributed by atoms with van der Waals surface area (Å²) in [6.45, 7) is 7.30. The minimum Gasteiger partial charge on any atom is -0.319 e. The SMILES string of the molecule is CNCC(C)(CN(CC1CC1)CC1CC1)c1ccccc1. The van der Waals surface area contributed by atoms with Crippen LogP contribution in [-0.4, -0.2) is 38.1 Å². The van der Waals surface area contributed by atoms with Crippen molar-refractivity contribution in [3.05, 3.63) is 35.9 Å². The van der Waals surface area contributed by atoms with Crippen molar-refractivity contribution in [1.29, 1.82) is 0 Å². The van der Waals surface area contributed by atoms with Crippen LogP contribution in [0.4, 0.5) is 0 Å². The Morgan fingerprint density at radius 3 is 2.10 bits per heavy atom. The fourth-order valence-electron chi connectivity index (χ4n) is 3.51. The predicted octanol–water partition coefficient (Wildman–Crippen LogP) is 3.29. The van der Waals surface area contributed by atoms with Gasteiger partial charge >= 0.3 is 0 Å². The molecular weight excluding hydrogens is 256 g/mol. The van der Waals surface area contributed by atoms with Gasteiger partial charge < -0.3 is 10.2 Å². The summed E-state index contributed by atoms with van der Waals surface area (Å²) in [4.78, 5) is 2.76. The van der Waals surface area contributed by atoms with E-state index < -0.39 is 0 Å². The lowest BCUT2D eigenvalue weighted by Gasteiger charge is -2.36. The third-order valence-corrected chi connectivity index (χ3v) is 5.04. The molecule has 0 heterocycles. The molecule has 21 heavy (non-hydrogen) atoms. The highest BCUT2D eigenvalue weighted by molar-refractivity contribution is 5.25. The molecular formula is C19H30N2. The van der Waals surface area contributed by atoms with Crippen LogP contribution < -0.4 is 5.32 Å². The summed E-state index contributed by atoms with van der Waals surface area (Å²) < 4.78 is 0. The Kier molecular flexibility index (Phi) is 4.66. The summed E-state index contributed by atoms with van der Waals surface area (Å²) in [5, 5.41) is 3.42. The predicted molar refractivity (Wildman–Crippen MR) is 89.6 cm³/mol. The van der Waals surface area contributed by atoms with Gasteiger partial charge in [-0.1, -0.05) is 37.3 Å². The minimum absolute atomic E-state index is 0.208. The van der Waals surface area contributed by atoms with Crippen molar-refractivity contribution in [2.45, 2.75) is 38.0 Å². The second-order valence-corrected chi connectivity index (χ2v) is 7.54. The van der Waals surface area contributed by atoms with Crippen LogP contribution in [0.3, 0.4) is 0 Å². The monoisotopic (exact) mass is 286 g/mol. The van der Waals surface area contributed by atoms with Gasteiger partial charge in [-0.05, 0) is 50.1 Å². The topological polar surface area (TPSA) is 15.3 Å². The van der Waals surface area contributed by atoms with E-state index in [4.69, 9.17) is 0 Å². The summed E-state index contributed by atoms with van der Waals surface area (Å²) >= 11 is 0. The van der Waals surface area contributed by atoms with E-state index in [9.17, 15) is 0 Å². The number of likely N-dealkylation sites (N-methyl/N-ethyl adjacent to an activating group) is 1. The van der Waals surface area contributed by atoms with Gasteiger partial charge in [0, 0.05) is 31.6 Å². The molecule has 1 aromatic carbocycles. The molecule has 1 aromatic rings. The maximum atomic E-state index is 3.42. The van der Waals surface area contributed by atoms with Gasteiger partial charge in [-0.15, -0.1) is 0 Å². The zero-order chi connectivity index (χ0) is 14.7. The van der Waals surface area contributed by atoms with Crippen LogP contribution in [-0.2, 0) is 5.41 Å². The highest BCUT2D eigenvalue weighted by atomic mass is 15.1. The molecule has 0 amide bonds. The van der Waals surface area contributed by atoms with Crippen LogP contribution in [0.2, 0.25) is 0 Å². The summed E-state index contributed by atoms with van der Waals surface area (Å²) in [5.41, 5.74) is 1.68. The molecule has 0 radical (unpaired) electrons. The van der Waals surface area contributed by atoms with E-state index in [1.54, 1.807) is 0 Å². The molecule has 0 spiro atoms. The Morgan fingerprint density at radius 1 is 1.05 bits per heavy atom. The van der Waals surface area contributed by atoms with Crippen LogP contribution in [0.5, 0.6) is 0 Å². The first-order valence-electron chi connectivity index (χ1n) is 8.62. The van der Waals surface area contributed by atoms with Gasteiger partial charge in [0.2, 0.25) is 0 Å². The Balaban J connectivity index is 1.71. The third kappa shape index (κ3) is 4.31. The summed E-state index contributed by atoms with van der Waals surface area (Å²) in [6, 6.07) is 11.1. The average Bonchev–Trinajstić information content (AvgIpc) is 3.37. The van der Waals surface area contributed by atoms with Crippen LogP contribution in [0.15, 0.2) is 30.3 Å². The quantitative estimate of drug-likeness (QED) is 0.749. The minimum atomic E-state index is 0.208. The molecule has 2 nitrogen and oxygen atoms in total. The van der Waals surface area contributed by atoms with E-state index in [0.717, 1.165) is 18.4 Å². The van der Waals surface area contributed by atoms with Crippen LogP contribution in [0.1, 0.15) is 38.2 Å². The normalized spacial score (nSPS) is 21.5. The zero-order valence-corrected chi connectivity index (χ0v) is 13.6. The first-order valence-corrected chi connectivity index (χ1v) is 8.62. The fraction of sp³-hybridized carbons (Fsp3) is 0.684. The second kappa shape index (κ2) is 6.50. The van der Waals surface area contributed by atoms with Gasteiger partial charge in [-0.2, -0.15) is 0 Å². The Morgan fingerprint density at radius 2 is 1.62 bits per heavy atom. The molecule has 2 aliphatic carbocycles. The first kappa shape index (κ1) is 15.1. The lowest BCUT2D eigenvalue weighted by molar-refractivity contribution is 0.197. The number of hydrogen-bond donors (Lipinski definition) is 1. The molecule has 1 atom stereocenters. The summed E-state index contributed by atoms with van der Waals surface area (Å²) in [5.74, 6) is 1.97. The van der Waals surface area contributed by atoms with Gasteiger partial charge in [0.05, 0.1) is 0 Å². The molecule has 0 aliphatic heterocycles. The van der Waals surface area contributed by atoms with Gasteiger partial charge in [-0.3, -0.25) is 0 Å². The number of hydrogen-bond acceptors (Lipinski definition) is 2. The standard InChI is InChI=1S/C19H30N2/c1-19(14-20-2,18-6-4-3-5-7-18)15-21(12-16-8-9-16)13-17-10-11-17/h3-7,16-17,20H,8-15H2,1-2H3. The van der Waals surface area contributed by atoms with E-state index in [0.29, 0.717) is 0 Å². The molecule has 0 saturated heterocycles. The molecule has 1 unspecified atom stereocenters. The van der Waals surface area contributed by atoms with Crippen molar-refractivity contribution in [1.82, 2.24) is 10.2 Å². The molecule has 2 fully saturated rings. The Hall–Kier alpha value is -0.860. The van der Waals surface area contributed by atoms with Crippen molar-refractivity contribution in [2.24, 2.45) is 11.8 Å². The number of nitrogens with zero attached hydrogens (tertiary/aromatic N) is 1. The number of nitrogens with one attached hydrogen (secondary N) is 1. The van der Waals surface area contributed by atoms with E-state index in [-0.39, 0.29) is 5.41 Å². The molecule has 2 heteroatoms. The molecule has 0 aromatic heterocycles. The highest BCUT2D eigenvalue weighted by Crippen LogP contribution is 2.35. The molecule has 116 valence electrons. The first-order chi connectivity index (χ1) is 10.2. The van der Waals surface area contributed by atoms with Crippen LogP contribution in [0, 0.1) is 11.8 Å². The van der Waals surface area contributed by atoms with Gasteiger partial charge in [-0.25, -0.2) is 0 Å².